The van der Waals surface area contributed by atoms with Crippen molar-refractivity contribution in [1.29, 1.82) is 0 Å². The van der Waals surface area contributed by atoms with E-state index in [-0.39, 0.29) is 68.1 Å². The number of nitrogens with two attached hydrogens (primary N) is 1. The molecule has 1 radical (unpaired) electrons. The number of ketones is 1. The molecule has 1 rings (SSSR count). The maximum atomic E-state index is 11.3. The van der Waals surface area contributed by atoms with Crippen molar-refractivity contribution in [1.82, 2.24) is 25.1 Å². The number of ether oxygens (including phenoxy) is 1. The normalized spacial score (nSPS) is 7.88. The number of hydrogen-bond acceptors (Lipinski definition) is 11. The van der Waals surface area contributed by atoms with Crippen molar-refractivity contribution in [3.8, 4) is 25.1 Å². The van der Waals surface area contributed by atoms with Crippen molar-refractivity contribution in [3.05, 3.63) is 28.6 Å². The molecule has 1 atom stereocenters. The van der Waals surface area contributed by atoms with E-state index in [9.17, 15) is 19.2 Å². The van der Waals surface area contributed by atoms with Crippen LogP contribution < -0.4 is 22.3 Å². The van der Waals surface area contributed by atoms with Gasteiger partial charge in [0.1, 0.15) is 17.6 Å². The third-order valence-electron chi connectivity index (χ3n) is 3.87. The first kappa shape index (κ1) is 54.5. The Bertz CT molecular complexity index is 1010. The van der Waals surface area contributed by atoms with Gasteiger partial charge in [0.05, 0.1) is 5.69 Å². The number of quaternary nitrogens is 1. The second-order valence-corrected chi connectivity index (χ2v) is 6.25. The zero-order chi connectivity index (χ0) is 34.1. The fourth-order valence-electron chi connectivity index (χ4n) is 2.19. The van der Waals surface area contributed by atoms with Crippen LogP contribution in [0.4, 0.5) is 0 Å². The predicted octanol–water partition coefficient (Wildman–Crippen LogP) is -1.89. The van der Waals surface area contributed by atoms with Gasteiger partial charge in [-0.3, -0.25) is 28.9 Å². The van der Waals surface area contributed by atoms with Crippen LogP contribution >= 0.6 is 0 Å². The summed E-state index contributed by atoms with van der Waals surface area (Å²) >= 11 is 0. The minimum absolute atomic E-state index is 0. The molecule has 0 fully saturated rings. The summed E-state index contributed by atoms with van der Waals surface area (Å²) in [6.07, 6.45) is 11.9. The topological polar surface area (TPSA) is 247 Å². The van der Waals surface area contributed by atoms with Gasteiger partial charge in [0.2, 0.25) is 18.9 Å². The number of aromatic nitrogens is 2. The molecule has 0 aliphatic rings. The Morgan fingerprint density at radius 2 is 1.57 bits per heavy atom. The number of terminal acetylenes is 2. The average Bonchev–Trinajstić information content (AvgIpc) is 3.22. The van der Waals surface area contributed by atoms with Gasteiger partial charge in [-0.15, -0.1) is 0 Å². The Morgan fingerprint density at radius 3 is 1.74 bits per heavy atom. The number of carbonyl (C=O) groups is 5. The molecule has 235 valence electrons. The van der Waals surface area contributed by atoms with E-state index in [0.29, 0.717) is 5.69 Å². The number of Topliss-reactive ketones (excluding diaryl/α,β-unsaturated/α-hetero) is 1. The number of likely N-dealkylation sites (N-methyl/N-ethyl adjacent to an activating group) is 2. The Balaban J connectivity index is -0.0000000771. The minimum atomic E-state index is -1.01. The fourth-order valence-corrected chi connectivity index (χ4v) is 2.19. The maximum absolute atomic E-state index is 11.3. The van der Waals surface area contributed by atoms with Crippen LogP contribution in [0.5, 0.6) is 0 Å². The molecule has 0 spiro atoms. The summed E-state index contributed by atoms with van der Waals surface area (Å²) in [5.41, 5.74) is 5.91. The van der Waals surface area contributed by atoms with E-state index < -0.39 is 11.9 Å². The number of imidazole rings is 1. The monoisotopic (exact) mass is 814 g/mol. The largest absolute Gasteiger partial charge is 0.375 e. The van der Waals surface area contributed by atoms with E-state index >= 15 is 0 Å². The molecule has 0 saturated heterocycles. The van der Waals surface area contributed by atoms with Gasteiger partial charge in [0.15, 0.2) is 17.9 Å². The van der Waals surface area contributed by atoms with Crippen LogP contribution in [0.25, 0.3) is 4.85 Å². The Morgan fingerprint density at radius 1 is 1.17 bits per heavy atom. The van der Waals surface area contributed by atoms with Gasteiger partial charge < -0.3 is 35.4 Å². The van der Waals surface area contributed by atoms with E-state index in [1.165, 1.54) is 48.1 Å². The average molecular weight is 815 g/mol. The Hall–Kier alpha value is -3.55. The molecule has 0 aliphatic heterocycles. The number of amides is 3. The Labute approximate surface area is 282 Å². The SMILES string of the molecule is C#COC=O.C#COO.CN.CNC(=O)C(C(C)=O)N(C)C(C)=O.CNC(=O)c1c(C)nc(C)n1C.[Ac].[C-]#[N+]C.[NH3+]O. The molecule has 1 aromatic rings. The van der Waals surface area contributed by atoms with E-state index in [0.717, 1.165) is 16.4 Å². The first-order valence-corrected chi connectivity index (χ1v) is 10.9. The first-order valence-electron chi connectivity index (χ1n) is 10.9. The van der Waals surface area contributed by atoms with Crippen LogP contribution in [0.2, 0.25) is 0 Å². The van der Waals surface area contributed by atoms with Gasteiger partial charge in [-0.25, -0.2) is 22.7 Å². The summed E-state index contributed by atoms with van der Waals surface area (Å²) in [5.74, 6) is 1.88. The van der Waals surface area contributed by atoms with Gasteiger partial charge in [-0.05, 0) is 27.8 Å². The van der Waals surface area contributed by atoms with Crippen molar-refractivity contribution < 1.29 is 94.0 Å². The van der Waals surface area contributed by atoms with Crippen LogP contribution in [-0.4, -0.2) is 96.2 Å². The molecular formula is C24H43AcN8O9+. The van der Waals surface area contributed by atoms with Crippen molar-refractivity contribution in [3.63, 3.8) is 0 Å². The smallest absolute Gasteiger partial charge is 0.307 e. The van der Waals surface area contributed by atoms with E-state index in [1.807, 2.05) is 20.9 Å². The summed E-state index contributed by atoms with van der Waals surface area (Å²) in [4.78, 5) is 64.6. The summed E-state index contributed by atoms with van der Waals surface area (Å²) < 4.78 is 5.47. The molecule has 0 aromatic carbocycles. The van der Waals surface area contributed by atoms with E-state index in [2.05, 4.69) is 54.6 Å². The van der Waals surface area contributed by atoms with E-state index in [1.54, 1.807) is 17.7 Å². The van der Waals surface area contributed by atoms with Gasteiger partial charge in [-0.2, -0.15) is 5.26 Å². The summed E-state index contributed by atoms with van der Waals surface area (Å²) in [7, 11) is 9.21. The number of carbonyl (C=O) groups excluding carboxylic acids is 5. The first-order chi connectivity index (χ1) is 19.2. The molecule has 17 nitrogen and oxygen atoms in total. The second-order valence-electron chi connectivity index (χ2n) is 6.25. The third-order valence-corrected chi connectivity index (χ3v) is 3.87. The maximum Gasteiger partial charge on any atom is 0.307 e. The summed E-state index contributed by atoms with van der Waals surface area (Å²) in [6, 6.07) is -1.01. The number of nitrogens with zero attached hydrogens (tertiary/aromatic N) is 4. The molecule has 3 amide bonds. The number of hydrogen-bond donors (Lipinski definition) is 6. The van der Waals surface area contributed by atoms with Crippen molar-refractivity contribution in [2.75, 3.05) is 35.2 Å². The number of aryl methyl sites for hydroxylation is 2. The van der Waals surface area contributed by atoms with Crippen molar-refractivity contribution >= 4 is 30.0 Å². The van der Waals surface area contributed by atoms with Crippen LogP contribution in [0, 0.1) is 89.5 Å². The van der Waals surface area contributed by atoms with Crippen LogP contribution in [0.1, 0.15) is 35.9 Å². The van der Waals surface area contributed by atoms with Crippen molar-refractivity contribution in [2.45, 2.75) is 33.7 Å². The summed E-state index contributed by atoms with van der Waals surface area (Å²) in [5, 5.41) is 18.8. The molecule has 0 bridgehead atoms. The zero-order valence-corrected chi connectivity index (χ0v) is 30.5. The van der Waals surface area contributed by atoms with E-state index in [4.69, 9.17) is 21.8 Å². The molecule has 42 heavy (non-hydrogen) atoms. The van der Waals surface area contributed by atoms with Gasteiger partial charge in [0.25, 0.3) is 5.91 Å². The van der Waals surface area contributed by atoms with Gasteiger partial charge in [-0.1, -0.05) is 12.8 Å². The molecule has 1 unspecified atom stereocenters. The van der Waals surface area contributed by atoms with Gasteiger partial charge in [0, 0.05) is 79.2 Å². The quantitative estimate of drug-likeness (QED) is 0.0479. The molecule has 9 N–H and O–H groups in total. The number of rotatable bonds is 5. The zero-order valence-electron chi connectivity index (χ0n) is 25.7. The van der Waals surface area contributed by atoms with Crippen LogP contribution in [0.3, 0.4) is 0 Å². The van der Waals surface area contributed by atoms with Crippen LogP contribution in [0.15, 0.2) is 0 Å². The number of nitrogens with one attached hydrogen (secondary N) is 2. The standard InChI is InChI=1S/C8H13N3O.C8H14N2O3.C3H2O2.C2H3N.C2H2O2.CH5N.Ac.H4NO/c1-5-7(8(12)9-3)11(4)6(2)10-5;1-5(11)7(8(13)9-3)10(4)6(2)12;1-2-5-3-4;1-3-2;1-2-4-3;1-2;;1-2/h1-4H3,(H,9,12);7H,1-4H3,(H,9,13);1,3H;1H3;1,3H;2H2,1H3;;2H,1H3/q;;;;;;;+1. The second kappa shape index (κ2) is 39.6. The van der Waals surface area contributed by atoms with Gasteiger partial charge >= 0.3 is 6.47 Å². The van der Waals surface area contributed by atoms with Crippen molar-refractivity contribution in [2.24, 2.45) is 12.8 Å². The van der Waals surface area contributed by atoms with Crippen LogP contribution in [-0.2, 0) is 35.9 Å². The Kier molecular flexibility index (Phi) is 51.4. The molecule has 0 saturated carbocycles. The fraction of sp³-hybridized carbons (Fsp3) is 0.458. The third kappa shape index (κ3) is 29.4. The molecular weight excluding hydrogens is 771 g/mol. The minimum Gasteiger partial charge on any atom is -0.375 e. The molecule has 1 heterocycles. The molecule has 18 heteroatoms. The predicted molar refractivity (Wildman–Crippen MR) is 149 cm³/mol. The molecule has 0 aliphatic carbocycles. The molecule has 1 aromatic heterocycles. The summed E-state index contributed by atoms with van der Waals surface area (Å²) in [6.45, 7) is 12.3.